The Morgan fingerprint density at radius 1 is 1.24 bits per heavy atom. The summed E-state index contributed by atoms with van der Waals surface area (Å²) in [5.74, 6) is 0.218. The monoisotopic (exact) mass is 445 g/mol. The second-order valence-electron chi connectivity index (χ2n) is 8.71. The second-order valence-corrected chi connectivity index (χ2v) is 8.71. The zero-order valence-electron chi connectivity index (χ0n) is 18.6. The van der Waals surface area contributed by atoms with Crippen LogP contribution in [0.4, 0.5) is 10.2 Å². The van der Waals surface area contributed by atoms with Gasteiger partial charge in [0.05, 0.1) is 11.8 Å². The number of fused-ring (bicyclic) bond motifs is 1. The first kappa shape index (κ1) is 21.1. The molecular weight excluding hydrogens is 421 g/mol. The van der Waals surface area contributed by atoms with Gasteiger partial charge >= 0.3 is 0 Å². The molecule has 1 saturated carbocycles. The molecule has 8 heteroatoms. The molecule has 5 rings (SSSR count). The number of pyridine rings is 2. The fraction of sp³-hybridized carbons (Fsp3) is 0.280. The molecule has 168 valence electrons. The lowest BCUT2D eigenvalue weighted by Gasteiger charge is -2.10. The predicted molar refractivity (Wildman–Crippen MR) is 123 cm³/mol. The minimum absolute atomic E-state index is 0.0730. The molecule has 1 aliphatic rings. The number of hydrogen-bond acceptors (Lipinski definition) is 4. The highest BCUT2D eigenvalue weighted by Crippen LogP contribution is 2.56. The standard InChI is InChI=1S/C25H24FN5O2/c1-4-18-23(17-11-28-30(3)12-17)24(18)25(32)29-22-9-15-7-19(21(26)8-16(15)10-27-22)20-13-31(33)6-5-14(20)2/h5-13,18,23-24H,4H2,1-3H3,(H,27,29,32). The number of nitrogens with one attached hydrogen (secondary N) is 1. The van der Waals surface area contributed by atoms with Crippen molar-refractivity contribution in [3.8, 4) is 11.1 Å². The van der Waals surface area contributed by atoms with Gasteiger partial charge in [-0.15, -0.1) is 0 Å². The molecule has 1 aromatic carbocycles. The molecule has 1 fully saturated rings. The molecule has 0 spiro atoms. The Morgan fingerprint density at radius 2 is 2.06 bits per heavy atom. The first-order chi connectivity index (χ1) is 15.9. The number of hydrogen-bond donors (Lipinski definition) is 1. The summed E-state index contributed by atoms with van der Waals surface area (Å²) < 4.78 is 17.2. The normalized spacial score (nSPS) is 19.6. The number of nitrogens with zero attached hydrogens (tertiary/aromatic N) is 4. The van der Waals surface area contributed by atoms with Gasteiger partial charge in [-0.2, -0.15) is 9.83 Å². The number of carbonyl (C=O) groups excluding carboxylic acids is 1. The average molecular weight is 445 g/mol. The number of aryl methyl sites for hydroxylation is 2. The van der Waals surface area contributed by atoms with Gasteiger partial charge in [0.25, 0.3) is 0 Å². The Kier molecular flexibility index (Phi) is 5.08. The van der Waals surface area contributed by atoms with Gasteiger partial charge in [-0.05, 0) is 47.6 Å². The van der Waals surface area contributed by atoms with Crippen molar-refractivity contribution in [2.75, 3.05) is 5.32 Å². The van der Waals surface area contributed by atoms with Crippen LogP contribution in [0.1, 0.15) is 30.4 Å². The van der Waals surface area contributed by atoms with Crippen molar-refractivity contribution >= 4 is 22.5 Å². The second kappa shape index (κ2) is 7.95. The van der Waals surface area contributed by atoms with Crippen LogP contribution in [0.5, 0.6) is 0 Å². The molecule has 3 unspecified atom stereocenters. The Hall–Kier alpha value is -3.81. The van der Waals surface area contributed by atoms with Crippen molar-refractivity contribution < 1.29 is 13.9 Å². The van der Waals surface area contributed by atoms with Crippen molar-refractivity contribution in [1.82, 2.24) is 14.8 Å². The molecule has 7 nitrogen and oxygen atoms in total. The quantitative estimate of drug-likeness (QED) is 0.370. The SMILES string of the molecule is CCC1C(C(=O)Nc2cc3cc(-c4c[n+]([O-])ccc4C)c(F)cc3cn2)C1c1cnn(C)c1. The summed E-state index contributed by atoms with van der Waals surface area (Å²) in [6.07, 6.45) is 8.98. The van der Waals surface area contributed by atoms with E-state index in [1.165, 1.54) is 18.5 Å². The molecule has 3 heterocycles. The topological polar surface area (TPSA) is 86.8 Å². The van der Waals surface area contributed by atoms with E-state index in [9.17, 15) is 14.4 Å². The van der Waals surface area contributed by atoms with Crippen molar-refractivity contribution in [3.05, 3.63) is 77.4 Å². The van der Waals surface area contributed by atoms with Gasteiger partial charge in [0.1, 0.15) is 11.6 Å². The fourth-order valence-corrected chi connectivity index (χ4v) is 4.79. The molecule has 0 aliphatic heterocycles. The first-order valence-corrected chi connectivity index (χ1v) is 10.9. The minimum atomic E-state index is -0.432. The van der Waals surface area contributed by atoms with Crippen LogP contribution in [0.25, 0.3) is 21.9 Å². The number of aromatic nitrogens is 4. The summed E-state index contributed by atoms with van der Waals surface area (Å²) >= 11 is 0. The molecule has 0 saturated heterocycles. The van der Waals surface area contributed by atoms with E-state index >= 15 is 0 Å². The molecule has 1 N–H and O–H groups in total. The smallest absolute Gasteiger partial charge is 0.229 e. The van der Waals surface area contributed by atoms with Gasteiger partial charge in [0.15, 0.2) is 12.4 Å². The van der Waals surface area contributed by atoms with Gasteiger partial charge in [-0.25, -0.2) is 9.37 Å². The number of carbonyl (C=O) groups is 1. The van der Waals surface area contributed by atoms with Gasteiger partial charge in [0.2, 0.25) is 5.91 Å². The number of benzene rings is 1. The van der Waals surface area contributed by atoms with Crippen molar-refractivity contribution in [2.45, 2.75) is 26.2 Å². The molecule has 33 heavy (non-hydrogen) atoms. The Labute approximate surface area is 190 Å². The van der Waals surface area contributed by atoms with E-state index in [2.05, 4.69) is 22.3 Å². The van der Waals surface area contributed by atoms with Crippen LogP contribution >= 0.6 is 0 Å². The van der Waals surface area contributed by atoms with Crippen LogP contribution in [0, 0.1) is 29.8 Å². The third-order valence-electron chi connectivity index (χ3n) is 6.55. The maximum absolute atomic E-state index is 14.8. The van der Waals surface area contributed by atoms with E-state index in [0.717, 1.165) is 22.9 Å². The van der Waals surface area contributed by atoms with Crippen LogP contribution in [-0.2, 0) is 11.8 Å². The average Bonchev–Trinajstić information content (AvgIpc) is 3.38. The van der Waals surface area contributed by atoms with Crippen LogP contribution in [0.15, 0.2) is 55.2 Å². The van der Waals surface area contributed by atoms with Crippen LogP contribution in [0.2, 0.25) is 0 Å². The number of rotatable bonds is 5. The van der Waals surface area contributed by atoms with E-state index < -0.39 is 5.82 Å². The summed E-state index contributed by atoms with van der Waals surface area (Å²) in [6, 6.07) is 6.48. The molecule has 1 aliphatic carbocycles. The summed E-state index contributed by atoms with van der Waals surface area (Å²) in [4.78, 5) is 17.3. The van der Waals surface area contributed by atoms with Gasteiger partial charge in [-0.1, -0.05) is 13.3 Å². The van der Waals surface area contributed by atoms with E-state index in [-0.39, 0.29) is 23.7 Å². The number of amides is 1. The first-order valence-electron chi connectivity index (χ1n) is 10.9. The highest BCUT2D eigenvalue weighted by molar-refractivity contribution is 5.97. The van der Waals surface area contributed by atoms with E-state index in [1.54, 1.807) is 29.1 Å². The Bertz CT molecular complexity index is 1380. The fourth-order valence-electron chi connectivity index (χ4n) is 4.79. The maximum Gasteiger partial charge on any atom is 0.229 e. The summed E-state index contributed by atoms with van der Waals surface area (Å²) in [6.45, 7) is 3.92. The molecule has 3 atom stereocenters. The van der Waals surface area contributed by atoms with E-state index in [1.807, 2.05) is 26.4 Å². The van der Waals surface area contributed by atoms with E-state index in [4.69, 9.17) is 0 Å². The lowest BCUT2D eigenvalue weighted by atomic mass is 9.99. The molecule has 0 bridgehead atoms. The van der Waals surface area contributed by atoms with Crippen LogP contribution < -0.4 is 10.0 Å². The zero-order valence-corrected chi connectivity index (χ0v) is 18.6. The third-order valence-corrected chi connectivity index (χ3v) is 6.55. The largest absolute Gasteiger partial charge is 0.619 e. The van der Waals surface area contributed by atoms with Gasteiger partial charge in [0, 0.05) is 48.3 Å². The minimum Gasteiger partial charge on any atom is -0.619 e. The lowest BCUT2D eigenvalue weighted by Crippen LogP contribution is -2.24. The summed E-state index contributed by atoms with van der Waals surface area (Å²) in [7, 11) is 1.87. The summed E-state index contributed by atoms with van der Waals surface area (Å²) in [5, 5.41) is 20.3. The number of anilines is 1. The molecule has 0 radical (unpaired) electrons. The number of halogens is 1. The lowest BCUT2D eigenvalue weighted by molar-refractivity contribution is -0.604. The Morgan fingerprint density at radius 3 is 2.79 bits per heavy atom. The van der Waals surface area contributed by atoms with Gasteiger partial charge < -0.3 is 10.5 Å². The van der Waals surface area contributed by atoms with Crippen LogP contribution in [-0.4, -0.2) is 20.7 Å². The van der Waals surface area contributed by atoms with Crippen molar-refractivity contribution in [3.63, 3.8) is 0 Å². The molecule has 1 amide bonds. The van der Waals surface area contributed by atoms with E-state index in [0.29, 0.717) is 27.1 Å². The highest BCUT2D eigenvalue weighted by Gasteiger charge is 2.54. The summed E-state index contributed by atoms with van der Waals surface area (Å²) in [5.41, 5.74) is 2.73. The van der Waals surface area contributed by atoms with Crippen LogP contribution in [0.3, 0.4) is 0 Å². The molecular formula is C25H24FN5O2. The highest BCUT2D eigenvalue weighted by atomic mass is 19.1. The maximum atomic E-state index is 14.8. The predicted octanol–water partition coefficient (Wildman–Crippen LogP) is 4.09. The van der Waals surface area contributed by atoms with Crippen molar-refractivity contribution in [2.24, 2.45) is 18.9 Å². The third kappa shape index (κ3) is 3.82. The molecule has 4 aromatic rings. The zero-order chi connectivity index (χ0) is 23.3. The van der Waals surface area contributed by atoms with Gasteiger partial charge in [-0.3, -0.25) is 9.48 Å². The van der Waals surface area contributed by atoms with Crippen molar-refractivity contribution in [1.29, 1.82) is 0 Å². The molecule has 3 aromatic heterocycles. The Balaban J connectivity index is 1.43.